The Morgan fingerprint density at radius 2 is 1.81 bits per heavy atom. The summed E-state index contributed by atoms with van der Waals surface area (Å²) in [7, 11) is 0. The molecule has 1 heterocycles. The smallest absolute Gasteiger partial charge is 0.491 e. The number of piperazine rings is 1. The van der Waals surface area contributed by atoms with E-state index in [1.54, 1.807) is 11.0 Å². The fourth-order valence-electron chi connectivity index (χ4n) is 3.45. The van der Waals surface area contributed by atoms with E-state index in [0.717, 1.165) is 43.6 Å². The van der Waals surface area contributed by atoms with Gasteiger partial charge >= 0.3 is 12.4 Å². The van der Waals surface area contributed by atoms with Gasteiger partial charge < -0.3 is 25.0 Å². The van der Waals surface area contributed by atoms with Gasteiger partial charge in [0, 0.05) is 37.9 Å². The number of halogens is 3. The lowest BCUT2D eigenvalue weighted by molar-refractivity contribution is -0.274. The van der Waals surface area contributed by atoms with Crippen LogP contribution in [0, 0.1) is 0 Å². The van der Waals surface area contributed by atoms with Crippen molar-refractivity contribution in [2.24, 2.45) is 0 Å². The van der Waals surface area contributed by atoms with Crippen LogP contribution in [0.25, 0.3) is 0 Å². The molecule has 1 aliphatic rings. The predicted octanol–water partition coefficient (Wildman–Crippen LogP) is 4.81. The number of nitrogens with one attached hydrogen (secondary N) is 2. The molecule has 1 saturated heterocycles. The van der Waals surface area contributed by atoms with Gasteiger partial charge in [0.15, 0.2) is 0 Å². The minimum atomic E-state index is -4.73. The van der Waals surface area contributed by atoms with Crippen LogP contribution in [0.1, 0.15) is 25.3 Å². The number of nitrogens with zero attached hydrogens (tertiary/aromatic N) is 1. The molecule has 6 nitrogen and oxygen atoms in total. The first-order valence-corrected chi connectivity index (χ1v) is 10.7. The number of alkyl halides is 3. The molecule has 0 spiro atoms. The lowest BCUT2D eigenvalue weighted by Gasteiger charge is -2.27. The number of aryl methyl sites for hydroxylation is 1. The van der Waals surface area contributed by atoms with Crippen LogP contribution >= 0.6 is 0 Å². The number of hydrogen-bond acceptors (Lipinski definition) is 4. The van der Waals surface area contributed by atoms with E-state index in [1.165, 1.54) is 18.2 Å². The number of carbonyl (C=O) groups is 1. The number of amides is 2. The van der Waals surface area contributed by atoms with Crippen molar-refractivity contribution in [3.8, 4) is 11.5 Å². The van der Waals surface area contributed by atoms with E-state index in [0.29, 0.717) is 18.8 Å². The molecule has 32 heavy (non-hydrogen) atoms. The molecule has 1 aliphatic heterocycles. The maximum absolute atomic E-state index is 12.3. The van der Waals surface area contributed by atoms with Crippen LogP contribution < -0.4 is 20.1 Å². The Bertz CT molecular complexity index is 869. The van der Waals surface area contributed by atoms with Gasteiger partial charge in [-0.1, -0.05) is 18.2 Å². The molecule has 0 saturated carbocycles. The van der Waals surface area contributed by atoms with E-state index in [-0.39, 0.29) is 17.9 Å². The number of carbonyl (C=O) groups excluding carboxylic acids is 1. The van der Waals surface area contributed by atoms with Crippen LogP contribution in [0.4, 0.5) is 23.7 Å². The molecule has 0 aliphatic carbocycles. The average Bonchev–Trinajstić information content (AvgIpc) is 2.74. The quantitative estimate of drug-likeness (QED) is 0.605. The molecule has 1 fully saturated rings. The Morgan fingerprint density at radius 3 is 2.50 bits per heavy atom. The Hall–Kier alpha value is -2.94. The first-order valence-electron chi connectivity index (χ1n) is 10.7. The minimum absolute atomic E-state index is 0.0880. The van der Waals surface area contributed by atoms with Gasteiger partial charge in [-0.2, -0.15) is 0 Å². The molecule has 2 amide bonds. The lowest BCUT2D eigenvalue weighted by Crippen LogP contribution is -2.48. The van der Waals surface area contributed by atoms with Crippen molar-refractivity contribution in [3.05, 3.63) is 54.1 Å². The zero-order valence-electron chi connectivity index (χ0n) is 18.0. The molecule has 9 heteroatoms. The van der Waals surface area contributed by atoms with Crippen LogP contribution in [0.5, 0.6) is 11.5 Å². The topological polar surface area (TPSA) is 62.8 Å². The maximum Gasteiger partial charge on any atom is 0.573 e. The van der Waals surface area contributed by atoms with Crippen LogP contribution in [0.15, 0.2) is 48.5 Å². The summed E-state index contributed by atoms with van der Waals surface area (Å²) in [6.07, 6.45) is -2.46. The number of anilines is 1. The number of hydrogen-bond donors (Lipinski definition) is 2. The summed E-state index contributed by atoms with van der Waals surface area (Å²) >= 11 is 0. The van der Waals surface area contributed by atoms with E-state index in [1.807, 2.05) is 31.2 Å². The SMILES string of the molecule is CC(CCCc1ccc(NC(=O)N2CCNCC2)cc1)Oc1cccc(OC(F)(F)F)c1. The van der Waals surface area contributed by atoms with Crippen molar-refractivity contribution >= 4 is 11.7 Å². The second kappa shape index (κ2) is 11.1. The van der Waals surface area contributed by atoms with Crippen molar-refractivity contribution < 1.29 is 27.4 Å². The van der Waals surface area contributed by atoms with Gasteiger partial charge in [-0.15, -0.1) is 13.2 Å². The van der Waals surface area contributed by atoms with Gasteiger partial charge in [-0.05, 0) is 56.0 Å². The molecular formula is C23H28F3N3O3. The molecule has 1 unspecified atom stereocenters. The number of ether oxygens (including phenoxy) is 2. The van der Waals surface area contributed by atoms with Crippen molar-refractivity contribution in [2.45, 2.75) is 38.7 Å². The summed E-state index contributed by atoms with van der Waals surface area (Å²) in [5.41, 5.74) is 1.90. The van der Waals surface area contributed by atoms with Gasteiger partial charge in [0.2, 0.25) is 0 Å². The summed E-state index contributed by atoms with van der Waals surface area (Å²) in [6.45, 7) is 4.89. The van der Waals surface area contributed by atoms with Crippen LogP contribution in [0.2, 0.25) is 0 Å². The van der Waals surface area contributed by atoms with Gasteiger partial charge in [0.1, 0.15) is 11.5 Å². The van der Waals surface area contributed by atoms with E-state index < -0.39 is 6.36 Å². The summed E-state index contributed by atoms with van der Waals surface area (Å²) in [4.78, 5) is 14.0. The van der Waals surface area contributed by atoms with Crippen molar-refractivity contribution in [2.75, 3.05) is 31.5 Å². The van der Waals surface area contributed by atoms with Crippen molar-refractivity contribution in [3.63, 3.8) is 0 Å². The summed E-state index contributed by atoms with van der Waals surface area (Å²) in [6, 6.07) is 13.2. The highest BCUT2D eigenvalue weighted by Crippen LogP contribution is 2.27. The standard InChI is InChI=1S/C23H28F3N3O3/c1-17(31-20-6-3-7-21(16-20)32-23(24,25)26)4-2-5-18-8-10-19(11-9-18)28-22(30)29-14-12-27-13-15-29/h3,6-11,16-17,27H,2,4-5,12-15H2,1H3,(H,28,30). The average molecular weight is 451 g/mol. The Balaban J connectivity index is 1.40. The molecule has 2 aromatic carbocycles. The largest absolute Gasteiger partial charge is 0.573 e. The third-order valence-corrected chi connectivity index (χ3v) is 5.06. The first-order chi connectivity index (χ1) is 15.3. The number of urea groups is 1. The molecule has 1 atom stereocenters. The fraction of sp³-hybridized carbons (Fsp3) is 0.435. The maximum atomic E-state index is 12.3. The molecule has 2 N–H and O–H groups in total. The van der Waals surface area contributed by atoms with E-state index >= 15 is 0 Å². The molecule has 2 aromatic rings. The summed E-state index contributed by atoms with van der Waals surface area (Å²) < 4.78 is 46.7. The zero-order valence-corrected chi connectivity index (χ0v) is 18.0. The van der Waals surface area contributed by atoms with Crippen LogP contribution in [-0.2, 0) is 6.42 Å². The lowest BCUT2D eigenvalue weighted by atomic mass is 10.1. The molecule has 174 valence electrons. The van der Waals surface area contributed by atoms with E-state index in [9.17, 15) is 18.0 Å². The summed E-state index contributed by atoms with van der Waals surface area (Å²) in [5, 5.41) is 6.13. The summed E-state index contributed by atoms with van der Waals surface area (Å²) in [5.74, 6) is 0.0372. The highest BCUT2D eigenvalue weighted by Gasteiger charge is 2.31. The van der Waals surface area contributed by atoms with Gasteiger partial charge in [-0.25, -0.2) is 4.79 Å². The molecule has 3 rings (SSSR count). The van der Waals surface area contributed by atoms with Crippen molar-refractivity contribution in [1.82, 2.24) is 10.2 Å². The highest BCUT2D eigenvalue weighted by molar-refractivity contribution is 5.89. The molecule has 0 aromatic heterocycles. The van der Waals surface area contributed by atoms with Crippen LogP contribution in [0.3, 0.4) is 0 Å². The highest BCUT2D eigenvalue weighted by atomic mass is 19.4. The van der Waals surface area contributed by atoms with Crippen molar-refractivity contribution in [1.29, 1.82) is 0 Å². The van der Waals surface area contributed by atoms with Gasteiger partial charge in [0.25, 0.3) is 0 Å². The van der Waals surface area contributed by atoms with E-state index in [4.69, 9.17) is 4.74 Å². The minimum Gasteiger partial charge on any atom is -0.491 e. The third-order valence-electron chi connectivity index (χ3n) is 5.06. The second-order valence-corrected chi connectivity index (χ2v) is 7.71. The third kappa shape index (κ3) is 7.96. The fourth-order valence-corrected chi connectivity index (χ4v) is 3.45. The predicted molar refractivity (Wildman–Crippen MR) is 116 cm³/mol. The first kappa shape index (κ1) is 23.7. The van der Waals surface area contributed by atoms with E-state index in [2.05, 4.69) is 15.4 Å². The number of benzene rings is 2. The second-order valence-electron chi connectivity index (χ2n) is 7.71. The Kier molecular flexibility index (Phi) is 8.21. The Labute approximate surface area is 185 Å². The molecule has 0 radical (unpaired) electrons. The van der Waals surface area contributed by atoms with Crippen LogP contribution in [-0.4, -0.2) is 49.6 Å². The molecular weight excluding hydrogens is 423 g/mol. The van der Waals surface area contributed by atoms with Gasteiger partial charge in [0.05, 0.1) is 6.10 Å². The monoisotopic (exact) mass is 451 g/mol. The normalized spacial score (nSPS) is 15.2. The molecule has 0 bridgehead atoms. The number of rotatable bonds is 8. The Morgan fingerprint density at radius 1 is 1.12 bits per heavy atom. The zero-order chi connectivity index (χ0) is 23.0. The van der Waals surface area contributed by atoms with Gasteiger partial charge in [-0.3, -0.25) is 0 Å².